The molecule has 0 unspecified atom stereocenters. The maximum absolute atomic E-state index is 9.30. The largest absolute Gasteiger partial charge is 0.394 e. The van der Waals surface area contributed by atoms with Crippen molar-refractivity contribution >= 4 is 11.6 Å². The summed E-state index contributed by atoms with van der Waals surface area (Å²) in [4.78, 5) is 9.05. The van der Waals surface area contributed by atoms with E-state index in [1.54, 1.807) is 23.3 Å². The molecule has 1 fully saturated rings. The van der Waals surface area contributed by atoms with Crippen molar-refractivity contribution in [2.24, 2.45) is 5.92 Å². The van der Waals surface area contributed by atoms with Gasteiger partial charge in [0.25, 0.3) is 0 Å². The zero-order chi connectivity index (χ0) is 20.9. The third-order valence-corrected chi connectivity index (χ3v) is 5.65. The van der Waals surface area contributed by atoms with Crippen LogP contribution in [0.25, 0.3) is 11.3 Å². The van der Waals surface area contributed by atoms with Crippen molar-refractivity contribution in [3.63, 3.8) is 0 Å². The fourth-order valence-corrected chi connectivity index (χ4v) is 4.13. The van der Waals surface area contributed by atoms with E-state index in [0.29, 0.717) is 24.8 Å². The maximum Gasteiger partial charge on any atom is 0.227 e. The maximum atomic E-state index is 9.30. The van der Waals surface area contributed by atoms with Crippen molar-refractivity contribution in [2.45, 2.75) is 51.6 Å². The van der Waals surface area contributed by atoms with Crippen molar-refractivity contribution in [1.82, 2.24) is 29.5 Å². The molecule has 156 valence electrons. The Morgan fingerprint density at radius 1 is 1.23 bits per heavy atom. The minimum Gasteiger partial charge on any atom is -0.394 e. The van der Waals surface area contributed by atoms with E-state index in [1.807, 2.05) is 24.0 Å². The fraction of sp³-hybridized carbons (Fsp3) is 0.476. The van der Waals surface area contributed by atoms with Crippen LogP contribution >= 0.6 is 0 Å². The van der Waals surface area contributed by atoms with Crippen LogP contribution in [-0.2, 0) is 6.54 Å². The normalized spacial score (nSPS) is 15.2. The van der Waals surface area contributed by atoms with Gasteiger partial charge in [0.2, 0.25) is 5.95 Å². The monoisotopic (exact) mass is 406 g/mol. The molecular weight excluding hydrogens is 380 g/mol. The lowest BCUT2D eigenvalue weighted by atomic mass is 9.96. The topological polar surface area (TPSA) is 117 Å². The highest BCUT2D eigenvalue weighted by Gasteiger charge is 2.27. The molecule has 0 aromatic carbocycles. The van der Waals surface area contributed by atoms with Crippen LogP contribution in [0.1, 0.15) is 43.7 Å². The summed E-state index contributed by atoms with van der Waals surface area (Å²) < 4.78 is 3.60. The molecule has 30 heavy (non-hydrogen) atoms. The molecule has 0 saturated heterocycles. The van der Waals surface area contributed by atoms with Crippen molar-refractivity contribution in [2.75, 3.05) is 11.9 Å². The lowest BCUT2D eigenvalue weighted by Crippen LogP contribution is -2.17. The Kier molecular flexibility index (Phi) is 6.05. The number of hydrogen-bond donors (Lipinski definition) is 2. The Labute approximate surface area is 175 Å². The summed E-state index contributed by atoms with van der Waals surface area (Å²) in [6.07, 6.45) is 14.3. The van der Waals surface area contributed by atoms with E-state index in [9.17, 15) is 5.26 Å². The highest BCUT2D eigenvalue weighted by molar-refractivity contribution is 5.63. The van der Waals surface area contributed by atoms with Crippen LogP contribution < -0.4 is 5.32 Å². The second-order valence-electron chi connectivity index (χ2n) is 7.75. The van der Waals surface area contributed by atoms with E-state index >= 15 is 0 Å². The average molecular weight is 406 g/mol. The van der Waals surface area contributed by atoms with Gasteiger partial charge in [-0.05, 0) is 31.2 Å². The first-order valence-electron chi connectivity index (χ1n) is 10.3. The van der Waals surface area contributed by atoms with E-state index < -0.39 is 0 Å². The van der Waals surface area contributed by atoms with Crippen molar-refractivity contribution in [1.29, 1.82) is 5.26 Å². The van der Waals surface area contributed by atoms with Gasteiger partial charge in [0, 0.05) is 24.2 Å². The third kappa shape index (κ3) is 4.33. The Bertz CT molecular complexity index is 1030. The average Bonchev–Trinajstić information content (AvgIpc) is 3.50. The second-order valence-corrected chi connectivity index (χ2v) is 7.75. The molecule has 9 heteroatoms. The van der Waals surface area contributed by atoms with Crippen LogP contribution in [0.5, 0.6) is 0 Å². The molecule has 1 saturated carbocycles. The number of aryl methyl sites for hydroxylation is 1. The van der Waals surface area contributed by atoms with E-state index in [1.165, 1.54) is 12.8 Å². The molecule has 0 amide bonds. The van der Waals surface area contributed by atoms with Crippen LogP contribution in [-0.4, -0.2) is 41.2 Å². The number of nitrogens with zero attached hydrogens (tertiary/aromatic N) is 7. The van der Waals surface area contributed by atoms with Gasteiger partial charge in [0.1, 0.15) is 0 Å². The molecule has 0 spiro atoms. The van der Waals surface area contributed by atoms with Gasteiger partial charge in [-0.15, -0.1) is 0 Å². The molecular formula is C21H26N8O. The van der Waals surface area contributed by atoms with Gasteiger partial charge in [-0.3, -0.25) is 9.36 Å². The lowest BCUT2D eigenvalue weighted by molar-refractivity contribution is 0.269. The summed E-state index contributed by atoms with van der Waals surface area (Å²) in [6.45, 7) is 2.44. The van der Waals surface area contributed by atoms with Crippen LogP contribution in [0, 0.1) is 24.2 Å². The Balaban J connectivity index is 1.56. The number of aliphatic hydroxyl groups is 1. The van der Waals surface area contributed by atoms with E-state index in [0.717, 1.165) is 35.3 Å². The number of nitriles is 1. The van der Waals surface area contributed by atoms with Gasteiger partial charge in [-0.25, -0.2) is 9.97 Å². The van der Waals surface area contributed by atoms with Gasteiger partial charge in [0.05, 0.1) is 55.5 Å². The van der Waals surface area contributed by atoms with Crippen molar-refractivity contribution in [3.05, 3.63) is 36.5 Å². The van der Waals surface area contributed by atoms with Gasteiger partial charge < -0.3 is 10.4 Å². The first-order valence-corrected chi connectivity index (χ1v) is 10.3. The Morgan fingerprint density at radius 2 is 2.07 bits per heavy atom. The summed E-state index contributed by atoms with van der Waals surface area (Å²) in [5, 5.41) is 30.2. The Morgan fingerprint density at radius 3 is 2.83 bits per heavy atom. The molecule has 2 N–H and O–H groups in total. The van der Waals surface area contributed by atoms with Crippen molar-refractivity contribution < 1.29 is 5.11 Å². The van der Waals surface area contributed by atoms with E-state index in [4.69, 9.17) is 5.11 Å². The van der Waals surface area contributed by atoms with Crippen LogP contribution in [0.3, 0.4) is 0 Å². The molecule has 0 aliphatic heterocycles. The smallest absolute Gasteiger partial charge is 0.227 e. The zero-order valence-electron chi connectivity index (χ0n) is 17.1. The van der Waals surface area contributed by atoms with Gasteiger partial charge in [0.15, 0.2) is 0 Å². The number of hydrogen-bond acceptors (Lipinski definition) is 7. The first kappa shape index (κ1) is 20.0. The minimum atomic E-state index is 0.0317. The SMILES string of the molecule is Cc1cnc(Nc2cnn(CCO)c2)nc1-c1cnn([C@H](CC#N)C2CCCC2)c1. The molecule has 0 radical (unpaired) electrons. The first-order chi connectivity index (χ1) is 14.7. The number of rotatable bonds is 8. The summed E-state index contributed by atoms with van der Waals surface area (Å²) in [7, 11) is 0. The predicted octanol–water partition coefficient (Wildman–Crippen LogP) is 3.23. The number of nitrogens with one attached hydrogen (secondary N) is 1. The van der Waals surface area contributed by atoms with Gasteiger partial charge >= 0.3 is 0 Å². The van der Waals surface area contributed by atoms with E-state index in [2.05, 4.69) is 31.6 Å². The molecule has 1 atom stereocenters. The summed E-state index contributed by atoms with van der Waals surface area (Å²) in [5.41, 5.74) is 3.43. The van der Waals surface area contributed by atoms with Crippen LogP contribution in [0.15, 0.2) is 31.0 Å². The molecule has 3 aromatic rings. The molecule has 1 aliphatic carbocycles. The van der Waals surface area contributed by atoms with Crippen molar-refractivity contribution in [3.8, 4) is 17.3 Å². The number of aliphatic hydroxyl groups excluding tert-OH is 1. The fourth-order valence-electron chi connectivity index (χ4n) is 4.13. The molecule has 4 rings (SSSR count). The van der Waals surface area contributed by atoms with Gasteiger partial charge in [-0.1, -0.05) is 12.8 Å². The van der Waals surface area contributed by atoms with Gasteiger partial charge in [-0.2, -0.15) is 15.5 Å². The van der Waals surface area contributed by atoms with Crippen LogP contribution in [0.2, 0.25) is 0 Å². The zero-order valence-corrected chi connectivity index (χ0v) is 17.1. The standard InChI is InChI=1S/C21H26N8O/c1-15-10-23-21(26-18-12-24-28(14-18)8-9-30)27-20(15)17-11-25-29(13-17)19(6-7-22)16-4-2-3-5-16/h10-14,16,19,30H,2-6,8-9H2,1H3,(H,23,26,27)/t19-/m1/s1. The summed E-state index contributed by atoms with van der Waals surface area (Å²) >= 11 is 0. The second kappa shape index (κ2) is 9.05. The van der Waals surface area contributed by atoms with Crippen LogP contribution in [0.4, 0.5) is 11.6 Å². The minimum absolute atomic E-state index is 0.0317. The van der Waals surface area contributed by atoms with E-state index in [-0.39, 0.29) is 12.6 Å². The highest BCUT2D eigenvalue weighted by atomic mass is 16.3. The third-order valence-electron chi connectivity index (χ3n) is 5.65. The number of aromatic nitrogens is 6. The quantitative estimate of drug-likeness (QED) is 0.590. The molecule has 3 aromatic heterocycles. The summed E-state index contributed by atoms with van der Waals surface area (Å²) in [6, 6.07) is 2.45. The Hall–Kier alpha value is -3.25. The number of anilines is 2. The molecule has 0 bridgehead atoms. The molecule has 1 aliphatic rings. The molecule has 9 nitrogen and oxygen atoms in total. The summed E-state index contributed by atoms with van der Waals surface area (Å²) in [5.74, 6) is 0.979. The molecule has 3 heterocycles. The lowest BCUT2D eigenvalue weighted by Gasteiger charge is -2.21. The highest BCUT2D eigenvalue weighted by Crippen LogP contribution is 2.36. The predicted molar refractivity (Wildman–Crippen MR) is 112 cm³/mol.